The maximum absolute atomic E-state index is 5.72. The highest BCUT2D eigenvalue weighted by Crippen LogP contribution is 2.29. The van der Waals surface area contributed by atoms with Crippen LogP contribution in [0.1, 0.15) is 18.4 Å². The van der Waals surface area contributed by atoms with Gasteiger partial charge in [-0.1, -0.05) is 12.1 Å². The molecule has 0 bridgehead atoms. The lowest BCUT2D eigenvalue weighted by molar-refractivity contribution is 0.232. The van der Waals surface area contributed by atoms with Crippen molar-refractivity contribution in [3.05, 3.63) is 29.8 Å². The summed E-state index contributed by atoms with van der Waals surface area (Å²) in [4.78, 5) is 2.35. The van der Waals surface area contributed by atoms with E-state index in [2.05, 4.69) is 11.9 Å². The third kappa shape index (κ3) is 4.36. The summed E-state index contributed by atoms with van der Waals surface area (Å²) in [6.45, 7) is 3.52. The van der Waals surface area contributed by atoms with Gasteiger partial charge in [0.2, 0.25) is 0 Å². The van der Waals surface area contributed by atoms with E-state index in [9.17, 15) is 0 Å². The van der Waals surface area contributed by atoms with Crippen molar-refractivity contribution in [2.24, 2.45) is 11.7 Å². The van der Waals surface area contributed by atoms with E-state index in [1.54, 1.807) is 0 Å². The van der Waals surface area contributed by atoms with Crippen LogP contribution in [0.15, 0.2) is 24.3 Å². The number of benzene rings is 1. The molecule has 1 fully saturated rings. The first-order chi connectivity index (χ1) is 8.28. The Kier molecular flexibility index (Phi) is 4.40. The minimum Gasteiger partial charge on any atom is -0.492 e. The molecule has 94 valence electrons. The molecular formula is C14H22N2O. The van der Waals surface area contributed by atoms with Gasteiger partial charge in [-0.2, -0.15) is 0 Å². The SMILES string of the molecule is CN(CCOc1cccc(CN)c1)CC1CC1. The highest BCUT2D eigenvalue weighted by atomic mass is 16.5. The number of hydrogen-bond donors (Lipinski definition) is 1. The molecule has 1 saturated carbocycles. The molecule has 1 aromatic carbocycles. The lowest BCUT2D eigenvalue weighted by Crippen LogP contribution is -2.26. The first-order valence-corrected chi connectivity index (χ1v) is 6.38. The van der Waals surface area contributed by atoms with Crippen molar-refractivity contribution < 1.29 is 4.74 Å². The Balaban J connectivity index is 1.69. The summed E-state index contributed by atoms with van der Waals surface area (Å²) in [6, 6.07) is 8.01. The first-order valence-electron chi connectivity index (χ1n) is 6.38. The molecule has 0 saturated heterocycles. The van der Waals surface area contributed by atoms with Gasteiger partial charge in [-0.25, -0.2) is 0 Å². The van der Waals surface area contributed by atoms with Crippen molar-refractivity contribution in [1.29, 1.82) is 0 Å². The molecule has 3 heteroatoms. The van der Waals surface area contributed by atoms with Gasteiger partial charge in [0.25, 0.3) is 0 Å². The number of nitrogens with two attached hydrogens (primary N) is 1. The molecule has 0 aromatic heterocycles. The van der Waals surface area contributed by atoms with Gasteiger partial charge in [0.1, 0.15) is 12.4 Å². The van der Waals surface area contributed by atoms with Crippen LogP contribution in [0.3, 0.4) is 0 Å². The fourth-order valence-corrected chi connectivity index (χ4v) is 1.91. The van der Waals surface area contributed by atoms with Gasteiger partial charge in [-0.05, 0) is 43.5 Å². The third-order valence-electron chi connectivity index (χ3n) is 3.14. The van der Waals surface area contributed by atoms with E-state index in [0.29, 0.717) is 6.54 Å². The normalized spacial score (nSPS) is 15.2. The zero-order chi connectivity index (χ0) is 12.1. The topological polar surface area (TPSA) is 38.5 Å². The lowest BCUT2D eigenvalue weighted by atomic mass is 10.2. The Morgan fingerprint density at radius 2 is 2.24 bits per heavy atom. The largest absolute Gasteiger partial charge is 0.492 e. The number of ether oxygens (including phenoxy) is 1. The van der Waals surface area contributed by atoms with Crippen LogP contribution in [-0.2, 0) is 6.54 Å². The fraction of sp³-hybridized carbons (Fsp3) is 0.571. The van der Waals surface area contributed by atoms with Crippen LogP contribution in [0.4, 0.5) is 0 Å². The second-order valence-corrected chi connectivity index (χ2v) is 4.91. The van der Waals surface area contributed by atoms with Gasteiger partial charge >= 0.3 is 0 Å². The van der Waals surface area contributed by atoms with Crippen LogP contribution >= 0.6 is 0 Å². The van der Waals surface area contributed by atoms with Crippen molar-refractivity contribution in [2.45, 2.75) is 19.4 Å². The van der Waals surface area contributed by atoms with Crippen LogP contribution in [0.2, 0.25) is 0 Å². The Morgan fingerprint density at radius 1 is 1.41 bits per heavy atom. The van der Waals surface area contributed by atoms with Gasteiger partial charge in [0.05, 0.1) is 0 Å². The van der Waals surface area contributed by atoms with E-state index in [4.69, 9.17) is 10.5 Å². The predicted octanol–water partition coefficient (Wildman–Crippen LogP) is 1.87. The van der Waals surface area contributed by atoms with Crippen molar-refractivity contribution >= 4 is 0 Å². The molecule has 0 amide bonds. The Bertz CT molecular complexity index is 350. The van der Waals surface area contributed by atoms with Crippen LogP contribution in [0.5, 0.6) is 5.75 Å². The smallest absolute Gasteiger partial charge is 0.119 e. The second-order valence-electron chi connectivity index (χ2n) is 4.91. The summed E-state index contributed by atoms with van der Waals surface area (Å²) < 4.78 is 5.72. The summed E-state index contributed by atoms with van der Waals surface area (Å²) in [7, 11) is 2.16. The van der Waals surface area contributed by atoms with Crippen molar-refractivity contribution in [2.75, 3.05) is 26.7 Å². The standard InChI is InChI=1S/C14H22N2O/c1-16(11-12-5-6-12)7-8-17-14-4-2-3-13(9-14)10-15/h2-4,9,12H,5-8,10-11,15H2,1H3. The quantitative estimate of drug-likeness (QED) is 0.782. The summed E-state index contributed by atoms with van der Waals surface area (Å²) in [5.41, 5.74) is 6.71. The van der Waals surface area contributed by atoms with E-state index >= 15 is 0 Å². The fourth-order valence-electron chi connectivity index (χ4n) is 1.91. The molecule has 1 aliphatic rings. The van der Waals surface area contributed by atoms with E-state index in [1.807, 2.05) is 24.3 Å². The summed E-state index contributed by atoms with van der Waals surface area (Å²) in [5, 5.41) is 0. The molecule has 1 aliphatic carbocycles. The molecule has 0 aliphatic heterocycles. The molecule has 0 spiro atoms. The molecule has 17 heavy (non-hydrogen) atoms. The Hall–Kier alpha value is -1.06. The molecular weight excluding hydrogens is 212 g/mol. The predicted molar refractivity (Wildman–Crippen MR) is 70.0 cm³/mol. The lowest BCUT2D eigenvalue weighted by Gasteiger charge is -2.16. The van der Waals surface area contributed by atoms with E-state index in [-0.39, 0.29) is 0 Å². The van der Waals surface area contributed by atoms with Crippen molar-refractivity contribution in [1.82, 2.24) is 4.90 Å². The second kappa shape index (κ2) is 6.03. The maximum Gasteiger partial charge on any atom is 0.119 e. The van der Waals surface area contributed by atoms with Crippen molar-refractivity contribution in [3.63, 3.8) is 0 Å². The van der Waals surface area contributed by atoms with E-state index < -0.39 is 0 Å². The van der Waals surface area contributed by atoms with Gasteiger partial charge in [-0.15, -0.1) is 0 Å². The summed E-state index contributed by atoms with van der Waals surface area (Å²) in [5.74, 6) is 1.87. The van der Waals surface area contributed by atoms with Crippen LogP contribution in [-0.4, -0.2) is 31.6 Å². The maximum atomic E-state index is 5.72. The monoisotopic (exact) mass is 234 g/mol. The zero-order valence-corrected chi connectivity index (χ0v) is 10.6. The van der Waals surface area contributed by atoms with Crippen LogP contribution in [0.25, 0.3) is 0 Å². The minimum atomic E-state index is 0.568. The highest BCUT2D eigenvalue weighted by molar-refractivity contribution is 5.28. The number of hydrogen-bond acceptors (Lipinski definition) is 3. The summed E-state index contributed by atoms with van der Waals surface area (Å²) >= 11 is 0. The number of rotatable bonds is 7. The molecule has 2 rings (SSSR count). The minimum absolute atomic E-state index is 0.568. The summed E-state index contributed by atoms with van der Waals surface area (Å²) in [6.07, 6.45) is 2.81. The van der Waals surface area contributed by atoms with E-state index in [1.165, 1.54) is 19.4 Å². The van der Waals surface area contributed by atoms with Gasteiger partial charge < -0.3 is 15.4 Å². The molecule has 0 radical (unpaired) electrons. The van der Waals surface area contributed by atoms with Gasteiger partial charge in [0, 0.05) is 19.6 Å². The van der Waals surface area contributed by atoms with Gasteiger partial charge in [-0.3, -0.25) is 0 Å². The average Bonchev–Trinajstić information content (AvgIpc) is 3.13. The molecule has 0 heterocycles. The molecule has 1 aromatic rings. The van der Waals surface area contributed by atoms with E-state index in [0.717, 1.165) is 30.4 Å². The molecule has 0 atom stereocenters. The average molecular weight is 234 g/mol. The molecule has 2 N–H and O–H groups in total. The highest BCUT2D eigenvalue weighted by Gasteiger charge is 2.22. The van der Waals surface area contributed by atoms with Gasteiger partial charge in [0.15, 0.2) is 0 Å². The van der Waals surface area contributed by atoms with Crippen LogP contribution < -0.4 is 10.5 Å². The van der Waals surface area contributed by atoms with Crippen molar-refractivity contribution in [3.8, 4) is 5.75 Å². The Labute approximate surface area is 104 Å². The molecule has 3 nitrogen and oxygen atoms in total. The Morgan fingerprint density at radius 3 is 2.94 bits per heavy atom. The number of likely N-dealkylation sites (N-methyl/N-ethyl adjacent to an activating group) is 1. The van der Waals surface area contributed by atoms with Crippen LogP contribution in [0, 0.1) is 5.92 Å². The first kappa shape index (κ1) is 12.4. The zero-order valence-electron chi connectivity index (χ0n) is 10.6. The number of nitrogens with zero attached hydrogens (tertiary/aromatic N) is 1. The molecule has 0 unspecified atom stereocenters. The third-order valence-corrected chi connectivity index (χ3v) is 3.14.